The predicted molar refractivity (Wildman–Crippen MR) is 136 cm³/mol. The smallest absolute Gasteiger partial charge is 0.127 e. The Morgan fingerprint density at radius 1 is 0.812 bits per heavy atom. The zero-order valence-corrected chi connectivity index (χ0v) is 18.5. The van der Waals surface area contributed by atoms with Crippen molar-refractivity contribution in [3.63, 3.8) is 0 Å². The third-order valence-corrected chi connectivity index (χ3v) is 5.53. The number of phenolic OH excluding ortho intramolecular Hbond substituents is 1. The van der Waals surface area contributed by atoms with E-state index in [1.165, 1.54) is 5.56 Å². The lowest BCUT2D eigenvalue weighted by Crippen LogP contribution is -1.92. The Labute approximate surface area is 190 Å². The van der Waals surface area contributed by atoms with Gasteiger partial charge in [-0.1, -0.05) is 72.8 Å². The van der Waals surface area contributed by atoms with Crippen molar-refractivity contribution in [3.05, 3.63) is 120 Å². The van der Waals surface area contributed by atoms with Crippen LogP contribution in [0.15, 0.2) is 103 Å². The minimum Gasteiger partial charge on any atom is -0.507 e. The van der Waals surface area contributed by atoms with E-state index in [1.807, 2.05) is 68.5 Å². The topological polar surface area (TPSA) is 32.6 Å². The second-order valence-electron chi connectivity index (χ2n) is 8.04. The molecule has 0 aromatic heterocycles. The van der Waals surface area contributed by atoms with Crippen LogP contribution < -0.4 is 0 Å². The van der Waals surface area contributed by atoms with E-state index in [0.717, 1.165) is 51.1 Å². The molecular formula is C30H27NO. The second kappa shape index (κ2) is 9.49. The summed E-state index contributed by atoms with van der Waals surface area (Å²) in [7, 11) is 0. The van der Waals surface area contributed by atoms with Crippen molar-refractivity contribution in [2.24, 2.45) is 4.99 Å². The highest BCUT2D eigenvalue weighted by atomic mass is 16.3. The Morgan fingerprint density at radius 2 is 1.38 bits per heavy atom. The largest absolute Gasteiger partial charge is 0.507 e. The molecule has 0 bridgehead atoms. The predicted octanol–water partition coefficient (Wildman–Crippen LogP) is 7.82. The van der Waals surface area contributed by atoms with Crippen molar-refractivity contribution in [1.82, 2.24) is 0 Å². The van der Waals surface area contributed by atoms with Crippen LogP contribution in [0, 0.1) is 13.8 Å². The molecule has 0 aliphatic heterocycles. The third kappa shape index (κ3) is 4.55. The first-order chi connectivity index (χ1) is 15.6. The standard InChI is InChI=1S/C30H27NO/c1-4-11-23-18-27(24-12-7-5-8-13-24)29(28(19-23)25-14-9-6-10-15-25)31-20-26-17-21(2)16-22(3)30(26)32/h4-10,12-20,32H,1,11H2,2-3H3. The van der Waals surface area contributed by atoms with Crippen LogP contribution in [0.25, 0.3) is 22.3 Å². The summed E-state index contributed by atoms with van der Waals surface area (Å²) in [6.07, 6.45) is 4.48. The highest BCUT2D eigenvalue weighted by Crippen LogP contribution is 2.41. The number of nitrogens with zero attached hydrogens (tertiary/aromatic N) is 1. The van der Waals surface area contributed by atoms with Crippen LogP contribution in [-0.4, -0.2) is 11.3 Å². The van der Waals surface area contributed by atoms with Crippen molar-refractivity contribution in [3.8, 4) is 28.0 Å². The van der Waals surface area contributed by atoms with E-state index in [-0.39, 0.29) is 5.75 Å². The molecule has 32 heavy (non-hydrogen) atoms. The molecule has 4 aromatic carbocycles. The molecule has 2 heteroatoms. The van der Waals surface area contributed by atoms with Crippen LogP contribution >= 0.6 is 0 Å². The van der Waals surface area contributed by atoms with E-state index in [4.69, 9.17) is 4.99 Å². The van der Waals surface area contributed by atoms with Crippen molar-refractivity contribution in [2.45, 2.75) is 20.3 Å². The first-order valence-corrected chi connectivity index (χ1v) is 10.8. The number of phenols is 1. The minimum atomic E-state index is 0.269. The van der Waals surface area contributed by atoms with Crippen LogP contribution in [0.5, 0.6) is 5.75 Å². The molecular weight excluding hydrogens is 390 g/mol. The maximum Gasteiger partial charge on any atom is 0.127 e. The molecule has 0 aliphatic rings. The molecule has 0 amide bonds. The molecule has 0 saturated heterocycles. The first kappa shape index (κ1) is 21.3. The van der Waals surface area contributed by atoms with Gasteiger partial charge in [0.1, 0.15) is 5.75 Å². The highest BCUT2D eigenvalue weighted by Gasteiger charge is 2.14. The summed E-state index contributed by atoms with van der Waals surface area (Å²) in [4.78, 5) is 4.96. The number of allylic oxidation sites excluding steroid dienone is 1. The molecule has 0 spiro atoms. The second-order valence-corrected chi connectivity index (χ2v) is 8.04. The van der Waals surface area contributed by atoms with Crippen LogP contribution in [0.1, 0.15) is 22.3 Å². The highest BCUT2D eigenvalue weighted by molar-refractivity contribution is 5.94. The Balaban J connectivity index is 1.97. The molecule has 0 aliphatic carbocycles. The van der Waals surface area contributed by atoms with Gasteiger partial charge in [0.15, 0.2) is 0 Å². The van der Waals surface area contributed by atoms with Crippen LogP contribution in [0.2, 0.25) is 0 Å². The number of aliphatic imine (C=N–C) groups is 1. The van der Waals surface area contributed by atoms with Crippen LogP contribution in [-0.2, 0) is 6.42 Å². The fourth-order valence-corrected chi connectivity index (χ4v) is 4.02. The van der Waals surface area contributed by atoms with Gasteiger partial charge >= 0.3 is 0 Å². The van der Waals surface area contributed by atoms with E-state index < -0.39 is 0 Å². The lowest BCUT2D eigenvalue weighted by Gasteiger charge is -2.15. The molecule has 4 aromatic rings. The number of hydrogen-bond acceptors (Lipinski definition) is 2. The fraction of sp³-hybridized carbons (Fsp3) is 0.100. The maximum atomic E-state index is 10.6. The first-order valence-electron chi connectivity index (χ1n) is 10.8. The van der Waals surface area contributed by atoms with Gasteiger partial charge in [0.2, 0.25) is 0 Å². The van der Waals surface area contributed by atoms with Crippen molar-refractivity contribution in [1.29, 1.82) is 0 Å². The lowest BCUT2D eigenvalue weighted by molar-refractivity contribution is 0.470. The molecule has 0 radical (unpaired) electrons. The summed E-state index contributed by atoms with van der Waals surface area (Å²) in [6, 6.07) is 29.0. The Bertz CT molecular complexity index is 1210. The van der Waals surface area contributed by atoms with Gasteiger partial charge in [-0.15, -0.1) is 6.58 Å². The zero-order valence-electron chi connectivity index (χ0n) is 18.5. The van der Waals surface area contributed by atoms with Crippen LogP contribution in [0.4, 0.5) is 5.69 Å². The number of benzene rings is 4. The molecule has 0 unspecified atom stereocenters. The summed E-state index contributed by atoms with van der Waals surface area (Å²) in [5.74, 6) is 0.269. The van der Waals surface area contributed by atoms with E-state index in [2.05, 4.69) is 43.0 Å². The number of aromatic hydroxyl groups is 1. The summed E-state index contributed by atoms with van der Waals surface area (Å²) in [5.41, 5.74) is 9.05. The monoisotopic (exact) mass is 417 g/mol. The number of aryl methyl sites for hydroxylation is 2. The van der Waals surface area contributed by atoms with Gasteiger partial charge in [-0.05, 0) is 66.3 Å². The normalized spacial score (nSPS) is 11.1. The molecule has 1 N–H and O–H groups in total. The van der Waals surface area contributed by atoms with Gasteiger partial charge in [0.25, 0.3) is 0 Å². The quantitative estimate of drug-likeness (QED) is 0.252. The Kier molecular flexibility index (Phi) is 6.32. The maximum absolute atomic E-state index is 10.6. The molecule has 0 atom stereocenters. The molecule has 158 valence electrons. The van der Waals surface area contributed by atoms with Gasteiger partial charge in [-0.2, -0.15) is 0 Å². The number of rotatable bonds is 6. The summed E-state index contributed by atoms with van der Waals surface area (Å²) in [6.45, 7) is 7.87. The summed E-state index contributed by atoms with van der Waals surface area (Å²) in [5, 5.41) is 10.6. The summed E-state index contributed by atoms with van der Waals surface area (Å²) >= 11 is 0. The average molecular weight is 418 g/mol. The van der Waals surface area contributed by atoms with Crippen molar-refractivity contribution < 1.29 is 5.11 Å². The van der Waals surface area contributed by atoms with Gasteiger partial charge < -0.3 is 5.11 Å². The fourth-order valence-electron chi connectivity index (χ4n) is 4.02. The summed E-state index contributed by atoms with van der Waals surface area (Å²) < 4.78 is 0. The lowest BCUT2D eigenvalue weighted by atomic mass is 9.92. The van der Waals surface area contributed by atoms with E-state index in [9.17, 15) is 5.11 Å². The van der Waals surface area contributed by atoms with E-state index in [0.29, 0.717) is 0 Å². The van der Waals surface area contributed by atoms with Gasteiger partial charge in [-0.25, -0.2) is 0 Å². The minimum absolute atomic E-state index is 0.269. The van der Waals surface area contributed by atoms with Gasteiger partial charge in [-0.3, -0.25) is 4.99 Å². The average Bonchev–Trinajstić information content (AvgIpc) is 2.82. The Hall–Kier alpha value is -3.91. The number of hydrogen-bond donors (Lipinski definition) is 1. The van der Waals surface area contributed by atoms with Gasteiger partial charge in [0, 0.05) is 22.9 Å². The molecule has 2 nitrogen and oxygen atoms in total. The molecule has 0 fully saturated rings. The van der Waals surface area contributed by atoms with E-state index in [1.54, 1.807) is 6.21 Å². The van der Waals surface area contributed by atoms with Gasteiger partial charge in [0.05, 0.1) is 5.69 Å². The Morgan fingerprint density at radius 3 is 1.91 bits per heavy atom. The van der Waals surface area contributed by atoms with Crippen molar-refractivity contribution >= 4 is 11.9 Å². The van der Waals surface area contributed by atoms with Crippen LogP contribution in [0.3, 0.4) is 0 Å². The zero-order chi connectivity index (χ0) is 22.5. The van der Waals surface area contributed by atoms with Crippen molar-refractivity contribution in [2.75, 3.05) is 0 Å². The molecule has 0 heterocycles. The molecule has 4 rings (SSSR count). The SMILES string of the molecule is C=CCc1cc(-c2ccccc2)c(N=Cc2cc(C)cc(C)c2O)c(-c2ccccc2)c1. The molecule has 0 saturated carbocycles. The third-order valence-electron chi connectivity index (χ3n) is 5.53. The van der Waals surface area contributed by atoms with E-state index >= 15 is 0 Å².